The van der Waals surface area contributed by atoms with E-state index in [0.29, 0.717) is 10.8 Å². The molecule has 2 aromatic rings. The highest BCUT2D eigenvalue weighted by Crippen LogP contribution is 2.16. The summed E-state index contributed by atoms with van der Waals surface area (Å²) in [6.45, 7) is 1.42. The Labute approximate surface area is 112 Å². The standard InChI is InChI=1S/C11H8ClN3O2S/c1-6(16)8-5-18-11(14-8)15-10(17)7-3-2-4-9(12)13-7/h2-5H,1H3,(H,14,15,17). The lowest BCUT2D eigenvalue weighted by Crippen LogP contribution is -2.13. The first-order chi connectivity index (χ1) is 8.56. The van der Waals surface area contributed by atoms with Crippen molar-refractivity contribution in [3.63, 3.8) is 0 Å². The molecule has 0 unspecified atom stereocenters. The van der Waals surface area contributed by atoms with E-state index in [-0.39, 0.29) is 16.6 Å². The maximum Gasteiger partial charge on any atom is 0.276 e. The molecule has 1 amide bonds. The third-order valence-corrected chi connectivity index (χ3v) is 3.00. The minimum absolute atomic E-state index is 0.146. The lowest BCUT2D eigenvalue weighted by Gasteiger charge is -2.00. The van der Waals surface area contributed by atoms with Crippen molar-refractivity contribution in [2.75, 3.05) is 5.32 Å². The van der Waals surface area contributed by atoms with E-state index < -0.39 is 5.91 Å². The molecule has 92 valence electrons. The largest absolute Gasteiger partial charge is 0.296 e. The number of hydrogen-bond donors (Lipinski definition) is 1. The summed E-state index contributed by atoms with van der Waals surface area (Å²) in [7, 11) is 0. The van der Waals surface area contributed by atoms with Crippen LogP contribution in [0.25, 0.3) is 0 Å². The number of carbonyl (C=O) groups is 2. The number of aromatic nitrogens is 2. The second-order valence-electron chi connectivity index (χ2n) is 3.39. The van der Waals surface area contributed by atoms with Gasteiger partial charge >= 0.3 is 0 Å². The third-order valence-electron chi connectivity index (χ3n) is 2.03. The second kappa shape index (κ2) is 5.24. The van der Waals surface area contributed by atoms with Crippen molar-refractivity contribution in [3.8, 4) is 0 Å². The number of amides is 1. The van der Waals surface area contributed by atoms with Gasteiger partial charge in [-0.25, -0.2) is 9.97 Å². The van der Waals surface area contributed by atoms with Gasteiger partial charge in [-0.15, -0.1) is 11.3 Å². The Morgan fingerprint density at radius 3 is 2.67 bits per heavy atom. The maximum atomic E-state index is 11.8. The minimum atomic E-state index is -0.415. The molecule has 0 radical (unpaired) electrons. The van der Waals surface area contributed by atoms with Gasteiger partial charge in [-0.3, -0.25) is 14.9 Å². The first-order valence-electron chi connectivity index (χ1n) is 4.96. The monoisotopic (exact) mass is 281 g/mol. The quantitative estimate of drug-likeness (QED) is 0.693. The highest BCUT2D eigenvalue weighted by atomic mass is 35.5. The number of thiazole rings is 1. The number of pyridine rings is 1. The number of carbonyl (C=O) groups excluding carboxylic acids is 2. The van der Waals surface area contributed by atoms with E-state index in [0.717, 1.165) is 0 Å². The molecule has 7 heteroatoms. The summed E-state index contributed by atoms with van der Waals surface area (Å²) in [5, 5.41) is 4.74. The first kappa shape index (κ1) is 12.7. The summed E-state index contributed by atoms with van der Waals surface area (Å²) < 4.78 is 0. The van der Waals surface area contributed by atoms with Crippen LogP contribution < -0.4 is 5.32 Å². The SMILES string of the molecule is CC(=O)c1csc(NC(=O)c2cccc(Cl)n2)n1. The fourth-order valence-electron chi connectivity index (χ4n) is 1.19. The van der Waals surface area contributed by atoms with Crippen molar-refractivity contribution in [2.45, 2.75) is 6.92 Å². The maximum absolute atomic E-state index is 11.8. The molecule has 0 atom stereocenters. The Balaban J connectivity index is 2.13. The summed E-state index contributed by atoms with van der Waals surface area (Å²) in [5.74, 6) is -0.561. The van der Waals surface area contributed by atoms with Crippen LogP contribution in [0.4, 0.5) is 5.13 Å². The predicted octanol–water partition coefficient (Wildman–Crippen LogP) is 2.65. The van der Waals surface area contributed by atoms with Crippen LogP contribution in [-0.2, 0) is 0 Å². The van der Waals surface area contributed by atoms with Gasteiger partial charge in [0, 0.05) is 12.3 Å². The lowest BCUT2D eigenvalue weighted by molar-refractivity contribution is 0.100. The topological polar surface area (TPSA) is 72.0 Å². The van der Waals surface area contributed by atoms with Gasteiger partial charge in [0.25, 0.3) is 5.91 Å². The van der Waals surface area contributed by atoms with Crippen LogP contribution in [0.5, 0.6) is 0 Å². The highest BCUT2D eigenvalue weighted by molar-refractivity contribution is 7.14. The van der Waals surface area contributed by atoms with E-state index in [1.54, 1.807) is 23.6 Å². The van der Waals surface area contributed by atoms with E-state index in [2.05, 4.69) is 15.3 Å². The van der Waals surface area contributed by atoms with Crippen LogP contribution in [0.2, 0.25) is 5.15 Å². The number of hydrogen-bond acceptors (Lipinski definition) is 5. The molecule has 0 aromatic carbocycles. The molecule has 0 saturated carbocycles. The zero-order valence-electron chi connectivity index (χ0n) is 9.31. The lowest BCUT2D eigenvalue weighted by atomic mass is 10.3. The molecule has 5 nitrogen and oxygen atoms in total. The summed E-state index contributed by atoms with van der Waals surface area (Å²) in [4.78, 5) is 30.7. The third kappa shape index (κ3) is 2.91. The number of ketones is 1. The number of halogens is 1. The Hall–Kier alpha value is -1.79. The van der Waals surface area contributed by atoms with Gasteiger partial charge in [-0.05, 0) is 12.1 Å². The molecule has 0 fully saturated rings. The van der Waals surface area contributed by atoms with Crippen LogP contribution in [-0.4, -0.2) is 21.7 Å². The fraction of sp³-hybridized carbons (Fsp3) is 0.0909. The Bertz CT molecular complexity index is 612. The normalized spacial score (nSPS) is 10.1. The number of nitrogens with zero attached hydrogens (tertiary/aromatic N) is 2. The molecule has 2 aromatic heterocycles. The van der Waals surface area contributed by atoms with Crippen LogP contribution in [0, 0.1) is 0 Å². The first-order valence-corrected chi connectivity index (χ1v) is 6.22. The molecule has 1 N–H and O–H groups in total. The molecule has 0 bridgehead atoms. The molecule has 18 heavy (non-hydrogen) atoms. The molecule has 2 heterocycles. The molecule has 0 aliphatic carbocycles. The van der Waals surface area contributed by atoms with Gasteiger partial charge in [-0.1, -0.05) is 17.7 Å². The fourth-order valence-corrected chi connectivity index (χ4v) is 2.10. The average Bonchev–Trinajstić information content (AvgIpc) is 2.77. The van der Waals surface area contributed by atoms with Crippen LogP contribution in [0.15, 0.2) is 23.6 Å². The van der Waals surface area contributed by atoms with Crippen molar-refractivity contribution in [1.82, 2.24) is 9.97 Å². The van der Waals surface area contributed by atoms with E-state index in [9.17, 15) is 9.59 Å². The van der Waals surface area contributed by atoms with Crippen molar-refractivity contribution >= 4 is 39.8 Å². The molecule has 2 rings (SSSR count). The Kier molecular flexibility index (Phi) is 3.69. The van der Waals surface area contributed by atoms with Crippen LogP contribution >= 0.6 is 22.9 Å². The van der Waals surface area contributed by atoms with Crippen molar-refractivity contribution in [1.29, 1.82) is 0 Å². The molecular weight excluding hydrogens is 274 g/mol. The van der Waals surface area contributed by atoms with E-state index in [4.69, 9.17) is 11.6 Å². The number of anilines is 1. The van der Waals surface area contributed by atoms with Gasteiger partial charge in [0.1, 0.15) is 16.5 Å². The molecule has 0 saturated heterocycles. The van der Waals surface area contributed by atoms with Crippen molar-refractivity contribution < 1.29 is 9.59 Å². The molecule has 0 aliphatic heterocycles. The zero-order chi connectivity index (χ0) is 13.1. The number of Topliss-reactive ketones (excluding diaryl/α,β-unsaturated/α-hetero) is 1. The van der Waals surface area contributed by atoms with Crippen molar-refractivity contribution in [3.05, 3.63) is 40.1 Å². The molecular formula is C11H8ClN3O2S. The van der Waals surface area contributed by atoms with Gasteiger partial charge in [-0.2, -0.15) is 0 Å². The number of nitrogens with one attached hydrogen (secondary N) is 1. The van der Waals surface area contributed by atoms with Crippen LogP contribution in [0.3, 0.4) is 0 Å². The van der Waals surface area contributed by atoms with E-state index >= 15 is 0 Å². The summed E-state index contributed by atoms with van der Waals surface area (Å²) in [6.07, 6.45) is 0. The smallest absolute Gasteiger partial charge is 0.276 e. The van der Waals surface area contributed by atoms with Gasteiger partial charge < -0.3 is 0 Å². The second-order valence-corrected chi connectivity index (χ2v) is 4.64. The summed E-state index contributed by atoms with van der Waals surface area (Å²) in [6, 6.07) is 4.75. The molecule has 0 spiro atoms. The predicted molar refractivity (Wildman–Crippen MR) is 69.3 cm³/mol. The van der Waals surface area contributed by atoms with Gasteiger partial charge in [0.2, 0.25) is 0 Å². The van der Waals surface area contributed by atoms with Gasteiger partial charge in [0.15, 0.2) is 10.9 Å². The Morgan fingerprint density at radius 2 is 2.06 bits per heavy atom. The Morgan fingerprint density at radius 1 is 1.28 bits per heavy atom. The average molecular weight is 282 g/mol. The van der Waals surface area contributed by atoms with E-state index in [1.807, 2.05) is 0 Å². The minimum Gasteiger partial charge on any atom is -0.296 e. The van der Waals surface area contributed by atoms with Crippen LogP contribution in [0.1, 0.15) is 27.9 Å². The van der Waals surface area contributed by atoms with E-state index in [1.165, 1.54) is 18.3 Å². The zero-order valence-corrected chi connectivity index (χ0v) is 10.9. The summed E-state index contributed by atoms with van der Waals surface area (Å²) >= 11 is 6.87. The molecule has 0 aliphatic rings. The van der Waals surface area contributed by atoms with Crippen molar-refractivity contribution in [2.24, 2.45) is 0 Å². The number of rotatable bonds is 3. The summed E-state index contributed by atoms with van der Waals surface area (Å²) in [5.41, 5.74) is 0.524. The van der Waals surface area contributed by atoms with Gasteiger partial charge in [0.05, 0.1) is 0 Å². The highest BCUT2D eigenvalue weighted by Gasteiger charge is 2.11.